The zero-order valence-corrected chi connectivity index (χ0v) is 13.3. The summed E-state index contributed by atoms with van der Waals surface area (Å²) in [5.74, 6) is 0.281. The molecule has 0 bridgehead atoms. The van der Waals surface area contributed by atoms with Gasteiger partial charge in [-0.15, -0.1) is 0 Å². The maximum Gasteiger partial charge on any atom is 0.233 e. The first-order chi connectivity index (χ1) is 11.1. The van der Waals surface area contributed by atoms with Gasteiger partial charge in [0, 0.05) is 24.7 Å². The van der Waals surface area contributed by atoms with Crippen LogP contribution in [0.1, 0.15) is 26.2 Å². The highest BCUT2D eigenvalue weighted by Gasteiger charge is 2.22. The van der Waals surface area contributed by atoms with Crippen molar-refractivity contribution in [3.63, 3.8) is 0 Å². The third-order valence-corrected chi connectivity index (χ3v) is 4.35. The molecule has 0 unspecified atom stereocenters. The molecule has 2 aromatic rings. The Morgan fingerprint density at radius 1 is 1.22 bits per heavy atom. The summed E-state index contributed by atoms with van der Waals surface area (Å²) in [7, 11) is 0. The first kappa shape index (κ1) is 15.5. The van der Waals surface area contributed by atoms with Crippen molar-refractivity contribution in [2.24, 2.45) is 5.92 Å². The molecule has 0 atom stereocenters. The number of fused-ring (bicyclic) bond motifs is 1. The molecule has 23 heavy (non-hydrogen) atoms. The Morgan fingerprint density at radius 2 is 1.96 bits per heavy atom. The molecular weight excluding hydrogens is 290 g/mol. The van der Waals surface area contributed by atoms with Crippen LogP contribution in [0, 0.1) is 5.92 Å². The van der Waals surface area contributed by atoms with Gasteiger partial charge >= 0.3 is 0 Å². The van der Waals surface area contributed by atoms with Crippen LogP contribution in [0.15, 0.2) is 36.5 Å². The first-order valence-electron chi connectivity index (χ1n) is 8.05. The average molecular weight is 311 g/mol. The highest BCUT2D eigenvalue weighted by atomic mass is 16.2. The van der Waals surface area contributed by atoms with Gasteiger partial charge in [0.15, 0.2) is 0 Å². The second-order valence-electron chi connectivity index (χ2n) is 6.17. The molecule has 1 aromatic heterocycles. The molecule has 0 aliphatic carbocycles. The zero-order valence-electron chi connectivity index (χ0n) is 13.3. The van der Waals surface area contributed by atoms with Gasteiger partial charge in [-0.05, 0) is 30.9 Å². The van der Waals surface area contributed by atoms with Crippen LogP contribution in [-0.2, 0) is 9.59 Å². The molecule has 0 radical (unpaired) electrons. The van der Waals surface area contributed by atoms with Gasteiger partial charge in [-0.25, -0.2) is 0 Å². The normalized spacial score (nSPS) is 15.6. The van der Waals surface area contributed by atoms with E-state index < -0.39 is 0 Å². The number of rotatable bonds is 3. The highest BCUT2D eigenvalue weighted by Crippen LogP contribution is 2.21. The van der Waals surface area contributed by atoms with Crippen LogP contribution in [0.5, 0.6) is 0 Å². The number of carbonyl (C=O) groups excluding carboxylic acids is 2. The van der Waals surface area contributed by atoms with E-state index in [2.05, 4.69) is 17.2 Å². The summed E-state index contributed by atoms with van der Waals surface area (Å²) in [6, 6.07) is 9.42. The second-order valence-corrected chi connectivity index (χ2v) is 6.17. The van der Waals surface area contributed by atoms with E-state index in [0.717, 1.165) is 36.8 Å². The third kappa shape index (κ3) is 3.67. The number of carbonyl (C=O) groups is 2. The fourth-order valence-electron chi connectivity index (χ4n) is 2.91. The maximum atomic E-state index is 12.2. The van der Waals surface area contributed by atoms with Crippen molar-refractivity contribution < 1.29 is 9.59 Å². The van der Waals surface area contributed by atoms with E-state index in [4.69, 9.17) is 0 Å². The lowest BCUT2D eigenvalue weighted by atomic mass is 9.99. The van der Waals surface area contributed by atoms with E-state index in [9.17, 15) is 9.59 Å². The first-order valence-corrected chi connectivity index (χ1v) is 8.05. The fraction of sp³-hybridized carbons (Fsp3) is 0.389. The van der Waals surface area contributed by atoms with Crippen molar-refractivity contribution in [3.05, 3.63) is 36.5 Å². The van der Waals surface area contributed by atoms with Crippen LogP contribution in [0.4, 0.5) is 5.69 Å². The number of aromatic nitrogens is 1. The predicted molar refractivity (Wildman–Crippen MR) is 90.0 cm³/mol. The molecule has 1 fully saturated rings. The molecule has 1 aromatic carbocycles. The number of pyridine rings is 1. The standard InChI is InChI=1S/C18H21N3O2/c1-13-7-10-21(11-8-13)17(23)12-16(22)20-15-6-2-4-14-5-3-9-19-18(14)15/h2-6,9,13H,7-8,10-12H2,1H3,(H,20,22). The minimum atomic E-state index is -0.285. The van der Waals surface area contributed by atoms with Gasteiger partial charge < -0.3 is 10.2 Å². The van der Waals surface area contributed by atoms with Gasteiger partial charge in [0.05, 0.1) is 11.2 Å². The molecule has 5 heteroatoms. The summed E-state index contributed by atoms with van der Waals surface area (Å²) in [5, 5.41) is 3.77. The van der Waals surface area contributed by atoms with E-state index in [0.29, 0.717) is 11.6 Å². The van der Waals surface area contributed by atoms with Crippen molar-refractivity contribution in [1.29, 1.82) is 0 Å². The lowest BCUT2D eigenvalue weighted by Gasteiger charge is -2.30. The van der Waals surface area contributed by atoms with Crippen LogP contribution in [-0.4, -0.2) is 34.8 Å². The zero-order chi connectivity index (χ0) is 16.2. The van der Waals surface area contributed by atoms with Crippen molar-refractivity contribution in [1.82, 2.24) is 9.88 Å². The van der Waals surface area contributed by atoms with Crippen LogP contribution in [0.3, 0.4) is 0 Å². The Kier molecular flexibility index (Phi) is 4.55. The number of hydrogen-bond acceptors (Lipinski definition) is 3. The molecule has 3 rings (SSSR count). The maximum absolute atomic E-state index is 12.2. The number of amides is 2. The lowest BCUT2D eigenvalue weighted by molar-refractivity contribution is -0.135. The van der Waals surface area contributed by atoms with Crippen molar-refractivity contribution in [2.45, 2.75) is 26.2 Å². The summed E-state index contributed by atoms with van der Waals surface area (Å²) in [5.41, 5.74) is 1.38. The quantitative estimate of drug-likeness (QED) is 0.887. The Balaban J connectivity index is 1.63. The molecule has 1 aliphatic heterocycles. The lowest BCUT2D eigenvalue weighted by Crippen LogP contribution is -2.39. The molecule has 2 heterocycles. The molecule has 2 amide bonds. The molecule has 1 saturated heterocycles. The summed E-state index contributed by atoms with van der Waals surface area (Å²) >= 11 is 0. The van der Waals surface area contributed by atoms with E-state index in [-0.39, 0.29) is 18.2 Å². The summed E-state index contributed by atoms with van der Waals surface area (Å²) in [6.07, 6.45) is 3.61. The van der Waals surface area contributed by atoms with E-state index in [1.165, 1.54) is 0 Å². The van der Waals surface area contributed by atoms with Gasteiger partial charge in [-0.2, -0.15) is 0 Å². The van der Waals surface area contributed by atoms with E-state index in [1.807, 2.05) is 24.3 Å². The average Bonchev–Trinajstić information content (AvgIpc) is 2.55. The van der Waals surface area contributed by atoms with E-state index in [1.54, 1.807) is 17.2 Å². The number of benzene rings is 1. The Hall–Kier alpha value is -2.43. The second kappa shape index (κ2) is 6.77. The number of hydrogen-bond donors (Lipinski definition) is 1. The number of piperidine rings is 1. The molecule has 0 spiro atoms. The summed E-state index contributed by atoms with van der Waals surface area (Å²) < 4.78 is 0. The third-order valence-electron chi connectivity index (χ3n) is 4.35. The molecular formula is C18H21N3O2. The minimum Gasteiger partial charge on any atom is -0.342 e. The van der Waals surface area contributed by atoms with Crippen molar-refractivity contribution in [2.75, 3.05) is 18.4 Å². The topological polar surface area (TPSA) is 62.3 Å². The van der Waals surface area contributed by atoms with Gasteiger partial charge in [-0.1, -0.05) is 25.1 Å². The minimum absolute atomic E-state index is 0.0948. The van der Waals surface area contributed by atoms with Gasteiger partial charge in [-0.3, -0.25) is 14.6 Å². The molecule has 1 aliphatic rings. The summed E-state index contributed by atoms with van der Waals surface area (Å²) in [6.45, 7) is 3.70. The smallest absolute Gasteiger partial charge is 0.233 e. The van der Waals surface area contributed by atoms with Crippen molar-refractivity contribution in [3.8, 4) is 0 Å². The highest BCUT2D eigenvalue weighted by molar-refractivity contribution is 6.07. The molecule has 0 saturated carbocycles. The predicted octanol–water partition coefficient (Wildman–Crippen LogP) is 2.82. The Morgan fingerprint density at radius 3 is 2.74 bits per heavy atom. The van der Waals surface area contributed by atoms with Crippen LogP contribution in [0.2, 0.25) is 0 Å². The van der Waals surface area contributed by atoms with Gasteiger partial charge in [0.1, 0.15) is 6.42 Å². The van der Waals surface area contributed by atoms with Gasteiger partial charge in [0.25, 0.3) is 0 Å². The molecule has 5 nitrogen and oxygen atoms in total. The Bertz CT molecular complexity index is 716. The van der Waals surface area contributed by atoms with E-state index >= 15 is 0 Å². The molecule has 120 valence electrons. The fourth-order valence-corrected chi connectivity index (χ4v) is 2.91. The molecule has 1 N–H and O–H groups in total. The van der Waals surface area contributed by atoms with Crippen LogP contribution >= 0.6 is 0 Å². The van der Waals surface area contributed by atoms with Crippen LogP contribution in [0.25, 0.3) is 10.9 Å². The number of para-hydroxylation sites is 1. The summed E-state index contributed by atoms with van der Waals surface area (Å²) in [4.78, 5) is 30.5. The van der Waals surface area contributed by atoms with Crippen LogP contribution < -0.4 is 5.32 Å². The Labute approximate surface area is 135 Å². The number of likely N-dealkylation sites (tertiary alicyclic amines) is 1. The monoisotopic (exact) mass is 311 g/mol. The largest absolute Gasteiger partial charge is 0.342 e. The van der Waals surface area contributed by atoms with Crippen molar-refractivity contribution >= 4 is 28.4 Å². The number of anilines is 1. The van der Waals surface area contributed by atoms with Gasteiger partial charge in [0.2, 0.25) is 11.8 Å². The SMILES string of the molecule is CC1CCN(C(=O)CC(=O)Nc2cccc3cccnc23)CC1. The number of nitrogens with one attached hydrogen (secondary N) is 1. The number of nitrogens with zero attached hydrogens (tertiary/aromatic N) is 2.